The smallest absolute Gasteiger partial charge is 0.408 e. The van der Waals surface area contributed by atoms with Crippen LogP contribution in [0.4, 0.5) is 4.79 Å². The summed E-state index contributed by atoms with van der Waals surface area (Å²) >= 11 is 6.09. The Morgan fingerprint density at radius 2 is 2.04 bits per heavy atom. The average molecular weight is 394 g/mol. The van der Waals surface area contributed by atoms with Crippen LogP contribution in [-0.4, -0.2) is 39.9 Å². The van der Waals surface area contributed by atoms with E-state index in [-0.39, 0.29) is 5.88 Å². The van der Waals surface area contributed by atoms with E-state index in [1.165, 1.54) is 7.11 Å². The second-order valence-electron chi connectivity index (χ2n) is 7.85. The molecule has 8 heteroatoms. The number of carbonyl (C=O) groups excluding carboxylic acids is 2. The fourth-order valence-corrected chi connectivity index (χ4v) is 3.20. The first-order valence-corrected chi connectivity index (χ1v) is 9.34. The minimum Gasteiger partial charge on any atom is -0.465 e. The fourth-order valence-electron chi connectivity index (χ4n) is 2.99. The van der Waals surface area contributed by atoms with Gasteiger partial charge in [0.05, 0.1) is 35.1 Å². The second kappa shape index (κ2) is 7.03. The monoisotopic (exact) mass is 393 g/mol. The zero-order valence-corrected chi connectivity index (χ0v) is 16.7. The van der Waals surface area contributed by atoms with Gasteiger partial charge in [0.1, 0.15) is 11.4 Å². The van der Waals surface area contributed by atoms with Gasteiger partial charge in [0.15, 0.2) is 0 Å². The van der Waals surface area contributed by atoms with Crippen molar-refractivity contribution in [3.05, 3.63) is 29.6 Å². The summed E-state index contributed by atoms with van der Waals surface area (Å²) < 4.78 is 12.1. The molecule has 3 rings (SSSR count). The van der Waals surface area contributed by atoms with Gasteiger partial charge in [-0.1, -0.05) is 0 Å². The summed E-state index contributed by atoms with van der Waals surface area (Å²) in [4.78, 5) is 28.6. The number of amides is 1. The van der Waals surface area contributed by atoms with Crippen LogP contribution in [0.2, 0.25) is 0 Å². The highest BCUT2D eigenvalue weighted by atomic mass is 35.5. The van der Waals surface area contributed by atoms with E-state index in [4.69, 9.17) is 21.1 Å². The Morgan fingerprint density at radius 1 is 1.33 bits per heavy atom. The minimum atomic E-state index is -0.557. The maximum atomic E-state index is 12.2. The van der Waals surface area contributed by atoms with Crippen molar-refractivity contribution in [2.24, 2.45) is 0 Å². The van der Waals surface area contributed by atoms with Gasteiger partial charge < -0.3 is 19.4 Å². The third-order valence-corrected chi connectivity index (χ3v) is 4.69. The number of nitrogens with one attached hydrogen (secondary N) is 1. The number of aromatic nitrogens is 2. The van der Waals surface area contributed by atoms with Gasteiger partial charge in [0.2, 0.25) is 0 Å². The molecule has 1 aliphatic carbocycles. The Labute approximate surface area is 163 Å². The van der Waals surface area contributed by atoms with E-state index in [9.17, 15) is 9.59 Å². The quantitative estimate of drug-likeness (QED) is 0.619. The van der Waals surface area contributed by atoms with Gasteiger partial charge >= 0.3 is 12.1 Å². The standard InChI is InChI=1S/C19H24ClN3O4/c1-18(2,3)27-17(25)22-19(7-8-19)11-23-14-9-12(16(24)26-4)5-6-13(14)21-15(23)10-20/h5-6,9H,7-8,10-11H2,1-4H3,(H,22,25). The molecule has 0 atom stereocenters. The van der Waals surface area contributed by atoms with Gasteiger partial charge in [-0.3, -0.25) is 0 Å². The molecule has 2 aromatic rings. The van der Waals surface area contributed by atoms with Crippen LogP contribution in [0.3, 0.4) is 0 Å². The molecule has 0 saturated heterocycles. The SMILES string of the molecule is COC(=O)c1ccc2nc(CCl)n(CC3(NC(=O)OC(C)(C)C)CC3)c2c1. The van der Waals surface area contributed by atoms with Gasteiger partial charge in [-0.15, -0.1) is 11.6 Å². The maximum Gasteiger partial charge on any atom is 0.408 e. The lowest BCUT2D eigenvalue weighted by molar-refractivity contribution is 0.0490. The molecule has 1 amide bonds. The summed E-state index contributed by atoms with van der Waals surface area (Å²) in [6, 6.07) is 5.19. The number of methoxy groups -OCH3 is 1. The molecule has 146 valence electrons. The van der Waals surface area contributed by atoms with Crippen molar-refractivity contribution in [1.29, 1.82) is 0 Å². The number of benzene rings is 1. The fraction of sp³-hybridized carbons (Fsp3) is 0.526. The number of rotatable bonds is 5. The van der Waals surface area contributed by atoms with Crippen molar-refractivity contribution < 1.29 is 19.1 Å². The molecule has 7 nitrogen and oxygen atoms in total. The van der Waals surface area contributed by atoms with Gasteiger partial charge in [-0.05, 0) is 51.8 Å². The number of hydrogen-bond acceptors (Lipinski definition) is 5. The van der Waals surface area contributed by atoms with Gasteiger partial charge in [-0.25, -0.2) is 14.6 Å². The molecule has 1 saturated carbocycles. The molecule has 27 heavy (non-hydrogen) atoms. The van der Waals surface area contributed by atoms with Crippen LogP contribution in [0.15, 0.2) is 18.2 Å². The van der Waals surface area contributed by atoms with Gasteiger partial charge in [-0.2, -0.15) is 0 Å². The summed E-state index contributed by atoms with van der Waals surface area (Å²) in [5.74, 6) is 0.501. The minimum absolute atomic E-state index is 0.227. The maximum absolute atomic E-state index is 12.2. The van der Waals surface area contributed by atoms with Crippen molar-refractivity contribution in [1.82, 2.24) is 14.9 Å². The Morgan fingerprint density at radius 3 is 2.59 bits per heavy atom. The Hall–Kier alpha value is -2.28. The van der Waals surface area contributed by atoms with Crippen molar-refractivity contribution in [2.45, 2.75) is 57.2 Å². The number of halogens is 1. The van der Waals surface area contributed by atoms with Crippen LogP contribution in [0.5, 0.6) is 0 Å². The summed E-state index contributed by atoms with van der Waals surface area (Å²) in [7, 11) is 1.35. The predicted molar refractivity (Wildman–Crippen MR) is 102 cm³/mol. The van der Waals surface area contributed by atoms with E-state index in [0.717, 1.165) is 23.9 Å². The van der Waals surface area contributed by atoms with Gasteiger partial charge in [0, 0.05) is 6.54 Å². The highest BCUT2D eigenvalue weighted by Gasteiger charge is 2.46. The molecule has 1 heterocycles. The van der Waals surface area contributed by atoms with Crippen molar-refractivity contribution in [3.63, 3.8) is 0 Å². The van der Waals surface area contributed by atoms with E-state index >= 15 is 0 Å². The molecule has 0 aliphatic heterocycles. The summed E-state index contributed by atoms with van der Waals surface area (Å²) in [5, 5.41) is 2.98. The summed E-state index contributed by atoms with van der Waals surface area (Å²) in [5.41, 5.74) is 1.02. The Bertz CT molecular complexity index is 881. The third-order valence-electron chi connectivity index (χ3n) is 4.45. The first-order chi connectivity index (χ1) is 12.7. The highest BCUT2D eigenvalue weighted by Crippen LogP contribution is 2.38. The lowest BCUT2D eigenvalue weighted by atomic mass is 10.2. The van der Waals surface area contributed by atoms with Crippen LogP contribution in [0.1, 0.15) is 49.8 Å². The first-order valence-electron chi connectivity index (χ1n) is 8.81. The zero-order chi connectivity index (χ0) is 19.8. The van der Waals surface area contributed by atoms with Crippen molar-refractivity contribution in [3.8, 4) is 0 Å². The van der Waals surface area contributed by atoms with E-state index < -0.39 is 23.2 Å². The molecule has 1 N–H and O–H groups in total. The Kier molecular flexibility index (Phi) is 5.08. The molecular formula is C19H24ClN3O4. The average Bonchev–Trinajstić information content (AvgIpc) is 3.25. The van der Waals surface area contributed by atoms with Crippen LogP contribution in [0.25, 0.3) is 11.0 Å². The first kappa shape index (κ1) is 19.5. The highest BCUT2D eigenvalue weighted by molar-refractivity contribution is 6.16. The van der Waals surface area contributed by atoms with Crippen LogP contribution < -0.4 is 5.32 Å². The predicted octanol–water partition coefficient (Wildman–Crippen LogP) is 3.62. The number of nitrogens with zero attached hydrogens (tertiary/aromatic N) is 2. The van der Waals surface area contributed by atoms with E-state index in [1.807, 2.05) is 25.3 Å². The van der Waals surface area contributed by atoms with Crippen LogP contribution in [0, 0.1) is 0 Å². The number of imidazole rings is 1. The molecule has 0 unspecified atom stereocenters. The molecule has 0 spiro atoms. The molecule has 0 radical (unpaired) electrons. The molecular weight excluding hydrogens is 370 g/mol. The number of alkyl carbamates (subject to hydrolysis) is 1. The number of hydrogen-bond donors (Lipinski definition) is 1. The number of fused-ring (bicyclic) bond motifs is 1. The molecule has 1 aromatic carbocycles. The molecule has 0 bridgehead atoms. The van der Waals surface area contributed by atoms with E-state index in [1.54, 1.807) is 18.2 Å². The number of carbonyl (C=O) groups is 2. The van der Waals surface area contributed by atoms with Gasteiger partial charge in [0.25, 0.3) is 0 Å². The lowest BCUT2D eigenvalue weighted by Crippen LogP contribution is -2.43. The van der Waals surface area contributed by atoms with E-state index in [0.29, 0.717) is 17.9 Å². The van der Waals surface area contributed by atoms with Crippen molar-refractivity contribution in [2.75, 3.05) is 7.11 Å². The van der Waals surface area contributed by atoms with Crippen LogP contribution >= 0.6 is 11.6 Å². The Balaban J connectivity index is 1.89. The largest absolute Gasteiger partial charge is 0.465 e. The zero-order valence-electron chi connectivity index (χ0n) is 16.0. The van der Waals surface area contributed by atoms with Crippen LogP contribution in [-0.2, 0) is 21.9 Å². The summed E-state index contributed by atoms with van der Waals surface area (Å²) in [6.07, 6.45) is 1.24. The number of alkyl halides is 1. The number of ether oxygens (including phenoxy) is 2. The summed E-state index contributed by atoms with van der Waals surface area (Å²) in [6.45, 7) is 6.00. The molecule has 1 aliphatic rings. The lowest BCUT2D eigenvalue weighted by Gasteiger charge is -2.24. The molecule has 1 aromatic heterocycles. The normalized spacial score (nSPS) is 15.4. The third kappa shape index (κ3) is 4.35. The second-order valence-corrected chi connectivity index (χ2v) is 8.12. The van der Waals surface area contributed by atoms with Crippen molar-refractivity contribution >= 4 is 34.7 Å². The van der Waals surface area contributed by atoms with E-state index in [2.05, 4.69) is 10.3 Å². The molecule has 1 fully saturated rings. The topological polar surface area (TPSA) is 82.5 Å². The number of esters is 1.